The standard InChI is InChI=1S/C15H15BrN2O3/c1-10-7-11(3-5-13(10)16)9-17-14-8-12(18(19)20)4-6-15(14)21-2/h3-8,17H,9H2,1-2H3. The lowest BCUT2D eigenvalue weighted by molar-refractivity contribution is -0.384. The van der Waals surface area contributed by atoms with Gasteiger partial charge in [0.2, 0.25) is 0 Å². The SMILES string of the molecule is COc1ccc([N+](=O)[O-])cc1NCc1ccc(Br)c(C)c1. The number of hydrogen-bond donors (Lipinski definition) is 1. The lowest BCUT2D eigenvalue weighted by Gasteiger charge is -2.11. The van der Waals surface area contributed by atoms with Crippen molar-refractivity contribution in [2.24, 2.45) is 0 Å². The summed E-state index contributed by atoms with van der Waals surface area (Å²) >= 11 is 3.46. The van der Waals surface area contributed by atoms with Gasteiger partial charge in [0, 0.05) is 23.2 Å². The largest absolute Gasteiger partial charge is 0.495 e. The number of ether oxygens (including phenoxy) is 1. The third-order valence-corrected chi connectivity index (χ3v) is 3.99. The first-order chi connectivity index (χ1) is 10.0. The first-order valence-electron chi connectivity index (χ1n) is 6.32. The van der Waals surface area contributed by atoms with Gasteiger partial charge in [-0.15, -0.1) is 0 Å². The Labute approximate surface area is 131 Å². The first-order valence-corrected chi connectivity index (χ1v) is 7.12. The average molecular weight is 351 g/mol. The Hall–Kier alpha value is -2.08. The molecule has 0 fully saturated rings. The van der Waals surface area contributed by atoms with E-state index < -0.39 is 4.92 Å². The molecular weight excluding hydrogens is 336 g/mol. The molecule has 6 heteroatoms. The number of halogens is 1. The van der Waals surface area contributed by atoms with Crippen molar-refractivity contribution < 1.29 is 9.66 Å². The Balaban J connectivity index is 2.19. The van der Waals surface area contributed by atoms with E-state index in [0.29, 0.717) is 18.0 Å². The molecule has 0 bridgehead atoms. The number of nitro benzene ring substituents is 1. The summed E-state index contributed by atoms with van der Waals surface area (Å²) in [6.07, 6.45) is 0. The molecule has 0 saturated carbocycles. The number of benzene rings is 2. The minimum absolute atomic E-state index is 0.0327. The normalized spacial score (nSPS) is 10.2. The summed E-state index contributed by atoms with van der Waals surface area (Å²) in [7, 11) is 1.54. The summed E-state index contributed by atoms with van der Waals surface area (Å²) in [5.74, 6) is 0.578. The van der Waals surface area contributed by atoms with Crippen molar-refractivity contribution in [3.05, 3.63) is 62.1 Å². The van der Waals surface area contributed by atoms with Crippen LogP contribution in [0, 0.1) is 17.0 Å². The quantitative estimate of drug-likeness (QED) is 0.645. The smallest absolute Gasteiger partial charge is 0.271 e. The van der Waals surface area contributed by atoms with Crippen molar-refractivity contribution in [1.82, 2.24) is 0 Å². The number of methoxy groups -OCH3 is 1. The van der Waals surface area contributed by atoms with Crippen LogP contribution in [0.1, 0.15) is 11.1 Å². The van der Waals surface area contributed by atoms with Crippen LogP contribution in [-0.2, 0) is 6.54 Å². The second-order valence-corrected chi connectivity index (χ2v) is 5.43. The number of non-ortho nitro benzene ring substituents is 1. The Kier molecular flexibility index (Phi) is 4.80. The Bertz CT molecular complexity index is 674. The third-order valence-electron chi connectivity index (χ3n) is 3.10. The molecule has 0 heterocycles. The number of nitrogens with one attached hydrogen (secondary N) is 1. The molecule has 0 radical (unpaired) electrons. The minimum atomic E-state index is -0.422. The van der Waals surface area contributed by atoms with Gasteiger partial charge in [-0.1, -0.05) is 28.1 Å². The van der Waals surface area contributed by atoms with Gasteiger partial charge in [-0.05, 0) is 30.2 Å². The summed E-state index contributed by atoms with van der Waals surface area (Å²) in [5, 5.41) is 14.0. The fraction of sp³-hybridized carbons (Fsp3) is 0.200. The van der Waals surface area contributed by atoms with Crippen LogP contribution in [0.25, 0.3) is 0 Å². The van der Waals surface area contributed by atoms with Crippen molar-refractivity contribution >= 4 is 27.3 Å². The second kappa shape index (κ2) is 6.58. The molecule has 110 valence electrons. The van der Waals surface area contributed by atoms with Gasteiger partial charge >= 0.3 is 0 Å². The van der Waals surface area contributed by atoms with Gasteiger partial charge in [0.25, 0.3) is 5.69 Å². The highest BCUT2D eigenvalue weighted by molar-refractivity contribution is 9.10. The van der Waals surface area contributed by atoms with E-state index in [1.807, 2.05) is 19.1 Å². The number of rotatable bonds is 5. The van der Waals surface area contributed by atoms with E-state index in [9.17, 15) is 10.1 Å². The molecule has 0 aliphatic heterocycles. The van der Waals surface area contributed by atoms with Crippen molar-refractivity contribution in [2.75, 3.05) is 12.4 Å². The fourth-order valence-electron chi connectivity index (χ4n) is 1.96. The molecule has 0 saturated heterocycles. The zero-order chi connectivity index (χ0) is 15.4. The minimum Gasteiger partial charge on any atom is -0.495 e. The van der Waals surface area contributed by atoms with Crippen LogP contribution in [0.2, 0.25) is 0 Å². The molecular formula is C15H15BrN2O3. The van der Waals surface area contributed by atoms with Gasteiger partial charge in [-0.3, -0.25) is 10.1 Å². The predicted molar refractivity (Wildman–Crippen MR) is 85.9 cm³/mol. The van der Waals surface area contributed by atoms with E-state index in [0.717, 1.165) is 15.6 Å². The fourth-order valence-corrected chi connectivity index (χ4v) is 2.21. The zero-order valence-corrected chi connectivity index (χ0v) is 13.3. The summed E-state index contributed by atoms with van der Waals surface area (Å²) < 4.78 is 6.27. The van der Waals surface area contributed by atoms with E-state index in [2.05, 4.69) is 27.3 Å². The molecule has 2 aromatic rings. The van der Waals surface area contributed by atoms with Gasteiger partial charge in [0.1, 0.15) is 5.75 Å². The molecule has 0 aromatic heterocycles. The zero-order valence-electron chi connectivity index (χ0n) is 11.7. The number of nitro groups is 1. The molecule has 1 N–H and O–H groups in total. The van der Waals surface area contributed by atoms with E-state index in [1.165, 1.54) is 19.2 Å². The number of hydrogen-bond acceptors (Lipinski definition) is 4. The second-order valence-electron chi connectivity index (χ2n) is 4.58. The van der Waals surface area contributed by atoms with E-state index in [-0.39, 0.29) is 5.69 Å². The molecule has 2 rings (SSSR count). The van der Waals surface area contributed by atoms with Crippen LogP contribution in [0.5, 0.6) is 5.75 Å². The van der Waals surface area contributed by atoms with Crippen molar-refractivity contribution in [3.63, 3.8) is 0 Å². The van der Waals surface area contributed by atoms with E-state index in [4.69, 9.17) is 4.74 Å². The van der Waals surface area contributed by atoms with Crippen molar-refractivity contribution in [3.8, 4) is 5.75 Å². The molecule has 0 aliphatic carbocycles. The lowest BCUT2D eigenvalue weighted by atomic mass is 10.1. The van der Waals surface area contributed by atoms with Crippen molar-refractivity contribution in [2.45, 2.75) is 13.5 Å². The number of anilines is 1. The van der Waals surface area contributed by atoms with Gasteiger partial charge in [0.15, 0.2) is 0 Å². The highest BCUT2D eigenvalue weighted by Gasteiger charge is 2.11. The number of aryl methyl sites for hydroxylation is 1. The van der Waals surface area contributed by atoms with Crippen LogP contribution < -0.4 is 10.1 Å². The Morgan fingerprint density at radius 1 is 1.29 bits per heavy atom. The van der Waals surface area contributed by atoms with Crippen LogP contribution in [-0.4, -0.2) is 12.0 Å². The maximum Gasteiger partial charge on any atom is 0.271 e. The summed E-state index contributed by atoms with van der Waals surface area (Å²) in [5.41, 5.74) is 2.86. The molecule has 0 atom stereocenters. The van der Waals surface area contributed by atoms with Gasteiger partial charge in [-0.2, -0.15) is 0 Å². The van der Waals surface area contributed by atoms with E-state index >= 15 is 0 Å². The molecule has 0 unspecified atom stereocenters. The molecule has 0 amide bonds. The van der Waals surface area contributed by atoms with Crippen LogP contribution in [0.15, 0.2) is 40.9 Å². The Morgan fingerprint density at radius 3 is 2.67 bits per heavy atom. The Morgan fingerprint density at radius 2 is 2.05 bits per heavy atom. The van der Waals surface area contributed by atoms with E-state index in [1.54, 1.807) is 6.07 Å². The molecule has 5 nitrogen and oxygen atoms in total. The van der Waals surface area contributed by atoms with Crippen LogP contribution in [0.4, 0.5) is 11.4 Å². The molecule has 0 spiro atoms. The maximum absolute atomic E-state index is 10.8. The summed E-state index contributed by atoms with van der Waals surface area (Å²) in [6.45, 7) is 2.58. The molecule has 2 aromatic carbocycles. The maximum atomic E-state index is 10.8. The topological polar surface area (TPSA) is 64.4 Å². The highest BCUT2D eigenvalue weighted by Crippen LogP contribution is 2.29. The summed E-state index contributed by atoms with van der Waals surface area (Å²) in [4.78, 5) is 10.4. The van der Waals surface area contributed by atoms with Gasteiger partial charge < -0.3 is 10.1 Å². The third kappa shape index (κ3) is 3.72. The van der Waals surface area contributed by atoms with Gasteiger partial charge in [-0.25, -0.2) is 0 Å². The summed E-state index contributed by atoms with van der Waals surface area (Å²) in [6, 6.07) is 10.5. The number of nitrogens with zero attached hydrogens (tertiary/aromatic N) is 1. The van der Waals surface area contributed by atoms with Gasteiger partial charge in [0.05, 0.1) is 17.7 Å². The first kappa shape index (κ1) is 15.3. The van der Waals surface area contributed by atoms with Crippen LogP contribution in [0.3, 0.4) is 0 Å². The van der Waals surface area contributed by atoms with Crippen molar-refractivity contribution in [1.29, 1.82) is 0 Å². The average Bonchev–Trinajstić information content (AvgIpc) is 2.48. The lowest BCUT2D eigenvalue weighted by Crippen LogP contribution is -2.02. The monoisotopic (exact) mass is 350 g/mol. The molecule has 21 heavy (non-hydrogen) atoms. The predicted octanol–water partition coefficient (Wildman–Crippen LogP) is 4.29. The van der Waals surface area contributed by atoms with Crippen LogP contribution >= 0.6 is 15.9 Å². The molecule has 0 aliphatic rings. The highest BCUT2D eigenvalue weighted by atomic mass is 79.9.